The molecule has 0 aliphatic carbocycles. The summed E-state index contributed by atoms with van der Waals surface area (Å²) in [5.74, 6) is -0.369. The number of fused-ring (bicyclic) bond motifs is 1. The van der Waals surface area contributed by atoms with Crippen molar-refractivity contribution in [1.82, 2.24) is 10.2 Å². The van der Waals surface area contributed by atoms with Crippen molar-refractivity contribution in [3.8, 4) is 10.4 Å². The van der Waals surface area contributed by atoms with E-state index in [1.807, 2.05) is 12.1 Å². The molecular formula is C18H17FN4O2S. The number of benzene rings is 1. The third-order valence-electron chi connectivity index (χ3n) is 4.30. The van der Waals surface area contributed by atoms with Gasteiger partial charge in [-0.2, -0.15) is 0 Å². The number of aromatic nitrogens is 2. The van der Waals surface area contributed by atoms with Gasteiger partial charge in [0, 0.05) is 16.9 Å². The molecule has 0 spiro atoms. The fraction of sp³-hybridized carbons (Fsp3) is 0.278. The van der Waals surface area contributed by atoms with Gasteiger partial charge >= 0.3 is 0 Å². The first-order valence-electron chi connectivity index (χ1n) is 8.32. The van der Waals surface area contributed by atoms with Crippen LogP contribution in [0.15, 0.2) is 30.3 Å². The number of rotatable bonds is 4. The maximum absolute atomic E-state index is 13.6. The molecule has 2 aromatic heterocycles. The summed E-state index contributed by atoms with van der Waals surface area (Å²) in [5.41, 5.74) is 6.30. The van der Waals surface area contributed by atoms with Crippen molar-refractivity contribution in [3.63, 3.8) is 0 Å². The average molecular weight is 372 g/mol. The lowest BCUT2D eigenvalue weighted by atomic mass is 10.1. The van der Waals surface area contributed by atoms with E-state index in [4.69, 9.17) is 10.5 Å². The van der Waals surface area contributed by atoms with Crippen molar-refractivity contribution in [2.24, 2.45) is 5.73 Å². The Balaban J connectivity index is 1.80. The SMILES string of the molecule is NC(=O)c1nnc(NC2CCCOC2)c2cc(-c3cccc(F)c3)sc12. The molecule has 134 valence electrons. The summed E-state index contributed by atoms with van der Waals surface area (Å²) in [7, 11) is 0. The average Bonchev–Trinajstić information content (AvgIpc) is 3.08. The molecule has 0 bridgehead atoms. The van der Waals surface area contributed by atoms with Gasteiger partial charge in [0.15, 0.2) is 11.5 Å². The molecule has 0 saturated carbocycles. The topological polar surface area (TPSA) is 90.1 Å². The molecule has 1 atom stereocenters. The van der Waals surface area contributed by atoms with Crippen LogP contribution in [0, 0.1) is 5.82 Å². The minimum absolute atomic E-state index is 0.123. The molecule has 0 radical (unpaired) electrons. The summed E-state index contributed by atoms with van der Waals surface area (Å²) in [4.78, 5) is 12.6. The maximum Gasteiger partial charge on any atom is 0.270 e. The molecule has 6 nitrogen and oxygen atoms in total. The molecule has 3 aromatic rings. The van der Waals surface area contributed by atoms with Crippen LogP contribution in [0.1, 0.15) is 23.3 Å². The largest absolute Gasteiger partial charge is 0.379 e. The second kappa shape index (κ2) is 6.97. The summed E-state index contributed by atoms with van der Waals surface area (Å²) in [6.07, 6.45) is 1.95. The lowest BCUT2D eigenvalue weighted by molar-refractivity contribution is 0.0875. The van der Waals surface area contributed by atoms with E-state index in [1.165, 1.54) is 23.5 Å². The number of primary amides is 1. The second-order valence-corrected chi connectivity index (χ2v) is 7.24. The van der Waals surface area contributed by atoms with Crippen molar-refractivity contribution >= 4 is 33.1 Å². The van der Waals surface area contributed by atoms with Gasteiger partial charge in [-0.1, -0.05) is 12.1 Å². The molecule has 1 aliphatic rings. The predicted octanol–water partition coefficient (Wildman–Crippen LogP) is 3.19. The Labute approximate surface area is 153 Å². The van der Waals surface area contributed by atoms with Crippen LogP contribution in [0.3, 0.4) is 0 Å². The van der Waals surface area contributed by atoms with E-state index < -0.39 is 5.91 Å². The highest BCUT2D eigenvalue weighted by Crippen LogP contribution is 2.38. The minimum Gasteiger partial charge on any atom is -0.379 e. The fourth-order valence-electron chi connectivity index (χ4n) is 3.04. The van der Waals surface area contributed by atoms with Gasteiger partial charge in [-0.25, -0.2) is 4.39 Å². The van der Waals surface area contributed by atoms with Crippen molar-refractivity contribution in [2.45, 2.75) is 18.9 Å². The zero-order valence-electron chi connectivity index (χ0n) is 13.9. The monoisotopic (exact) mass is 372 g/mol. The Kier molecular flexibility index (Phi) is 4.52. The first-order valence-corrected chi connectivity index (χ1v) is 9.13. The molecular weight excluding hydrogens is 355 g/mol. The quantitative estimate of drug-likeness (QED) is 0.734. The number of halogens is 1. The number of hydrogen-bond acceptors (Lipinski definition) is 6. The summed E-state index contributed by atoms with van der Waals surface area (Å²) in [5, 5.41) is 12.3. The fourth-order valence-corrected chi connectivity index (χ4v) is 4.19. The van der Waals surface area contributed by atoms with Crippen LogP contribution in [0.25, 0.3) is 20.5 Å². The third kappa shape index (κ3) is 3.25. The third-order valence-corrected chi connectivity index (χ3v) is 5.49. The Hall–Kier alpha value is -2.58. The first kappa shape index (κ1) is 16.9. The van der Waals surface area contributed by atoms with Crippen LogP contribution in [-0.2, 0) is 4.74 Å². The molecule has 26 heavy (non-hydrogen) atoms. The number of nitrogens with two attached hydrogens (primary N) is 1. The lowest BCUT2D eigenvalue weighted by Gasteiger charge is -2.23. The molecule has 8 heteroatoms. The van der Waals surface area contributed by atoms with E-state index >= 15 is 0 Å². The van der Waals surface area contributed by atoms with E-state index in [-0.39, 0.29) is 17.6 Å². The van der Waals surface area contributed by atoms with Gasteiger partial charge in [0.2, 0.25) is 0 Å². The number of nitrogens with one attached hydrogen (secondary N) is 1. The highest BCUT2D eigenvalue weighted by molar-refractivity contribution is 7.22. The molecule has 1 amide bonds. The van der Waals surface area contributed by atoms with Gasteiger partial charge in [0.25, 0.3) is 5.91 Å². The molecule has 1 aromatic carbocycles. The number of anilines is 1. The van der Waals surface area contributed by atoms with Crippen molar-refractivity contribution in [1.29, 1.82) is 0 Å². The number of carbonyl (C=O) groups excluding carboxylic acids is 1. The van der Waals surface area contributed by atoms with Gasteiger partial charge in [-0.05, 0) is 36.6 Å². The van der Waals surface area contributed by atoms with E-state index in [9.17, 15) is 9.18 Å². The summed E-state index contributed by atoms with van der Waals surface area (Å²) in [6.45, 7) is 1.36. The molecule has 3 N–H and O–H groups in total. The van der Waals surface area contributed by atoms with Gasteiger partial charge < -0.3 is 15.8 Å². The van der Waals surface area contributed by atoms with Crippen LogP contribution in [-0.4, -0.2) is 35.4 Å². The van der Waals surface area contributed by atoms with Gasteiger partial charge in [0.1, 0.15) is 5.82 Å². The number of ether oxygens (including phenoxy) is 1. The van der Waals surface area contributed by atoms with E-state index in [1.54, 1.807) is 6.07 Å². The van der Waals surface area contributed by atoms with Crippen molar-refractivity contribution < 1.29 is 13.9 Å². The van der Waals surface area contributed by atoms with Crippen LogP contribution in [0.2, 0.25) is 0 Å². The highest BCUT2D eigenvalue weighted by atomic mass is 32.1. The first-order chi connectivity index (χ1) is 12.6. The number of amides is 1. The number of thiophene rings is 1. The molecule has 3 heterocycles. The number of hydrogen-bond donors (Lipinski definition) is 2. The van der Waals surface area contributed by atoms with E-state index in [2.05, 4.69) is 15.5 Å². The zero-order chi connectivity index (χ0) is 18.1. The molecule has 1 unspecified atom stereocenters. The minimum atomic E-state index is -0.636. The Morgan fingerprint density at radius 2 is 2.23 bits per heavy atom. The number of nitrogens with zero attached hydrogens (tertiary/aromatic N) is 2. The van der Waals surface area contributed by atoms with Crippen LogP contribution < -0.4 is 11.1 Å². The molecule has 1 saturated heterocycles. The Bertz CT molecular complexity index is 969. The standard InChI is InChI=1S/C18H17FN4O2S/c19-11-4-1-3-10(7-11)14-8-13-16(26-14)15(17(20)24)22-23-18(13)21-12-5-2-6-25-9-12/h1,3-4,7-8,12H,2,5-6,9H2,(H2,20,24)(H,21,23). The van der Waals surface area contributed by atoms with Crippen molar-refractivity contribution in [2.75, 3.05) is 18.5 Å². The maximum atomic E-state index is 13.6. The second-order valence-electron chi connectivity index (χ2n) is 6.18. The van der Waals surface area contributed by atoms with E-state index in [0.29, 0.717) is 17.1 Å². The normalized spacial score (nSPS) is 17.3. The summed E-state index contributed by atoms with van der Waals surface area (Å²) < 4.78 is 19.7. The van der Waals surface area contributed by atoms with Gasteiger partial charge in [-0.15, -0.1) is 21.5 Å². The summed E-state index contributed by atoms with van der Waals surface area (Å²) >= 11 is 1.35. The zero-order valence-corrected chi connectivity index (χ0v) is 14.7. The molecule has 4 rings (SSSR count). The Morgan fingerprint density at radius 3 is 2.96 bits per heavy atom. The van der Waals surface area contributed by atoms with Gasteiger partial charge in [-0.3, -0.25) is 4.79 Å². The smallest absolute Gasteiger partial charge is 0.270 e. The van der Waals surface area contributed by atoms with Gasteiger partial charge in [0.05, 0.1) is 17.3 Å². The van der Waals surface area contributed by atoms with Crippen molar-refractivity contribution in [3.05, 3.63) is 41.8 Å². The van der Waals surface area contributed by atoms with Crippen LogP contribution >= 0.6 is 11.3 Å². The van der Waals surface area contributed by atoms with Crippen LogP contribution in [0.5, 0.6) is 0 Å². The molecule has 1 fully saturated rings. The predicted molar refractivity (Wildman–Crippen MR) is 98.8 cm³/mol. The number of carbonyl (C=O) groups is 1. The summed E-state index contributed by atoms with van der Waals surface area (Å²) in [6, 6.07) is 8.35. The molecule has 1 aliphatic heterocycles. The highest BCUT2D eigenvalue weighted by Gasteiger charge is 2.20. The van der Waals surface area contributed by atoms with Crippen LogP contribution in [0.4, 0.5) is 10.2 Å². The Morgan fingerprint density at radius 1 is 1.35 bits per heavy atom. The lowest BCUT2D eigenvalue weighted by Crippen LogP contribution is -2.30. The van der Waals surface area contributed by atoms with E-state index in [0.717, 1.165) is 35.3 Å².